The second-order valence-electron chi connectivity index (χ2n) is 8.08. The number of benzene rings is 2. The largest absolute Gasteiger partial charge is 0.335 e. The number of likely N-dealkylation sites (tertiary alicyclic amines) is 1. The number of aryl methyl sites for hydroxylation is 1. The Hall–Kier alpha value is -2.92. The highest BCUT2D eigenvalue weighted by molar-refractivity contribution is 6.00. The first-order valence-corrected chi connectivity index (χ1v) is 10.2. The maximum atomic E-state index is 13.5. The molecule has 2 atom stereocenters. The number of amides is 1. The predicted octanol–water partition coefficient (Wildman–Crippen LogP) is 3.72. The number of nitrogens with zero attached hydrogens (tertiary/aromatic N) is 3. The lowest BCUT2D eigenvalue weighted by atomic mass is 10.1. The molecule has 4 rings (SSSR count). The first kappa shape index (κ1) is 19.4. The molecule has 2 heterocycles. The summed E-state index contributed by atoms with van der Waals surface area (Å²) in [5, 5.41) is 4.81. The van der Waals surface area contributed by atoms with Crippen molar-refractivity contribution in [3.05, 3.63) is 77.5 Å². The number of rotatable bonds is 5. The summed E-state index contributed by atoms with van der Waals surface area (Å²) < 4.78 is 1.87. The molecule has 0 bridgehead atoms. The Labute approximate surface area is 172 Å². The average Bonchev–Trinajstić information content (AvgIpc) is 3.32. The summed E-state index contributed by atoms with van der Waals surface area (Å²) in [5.74, 6) is 0.416. The number of hydrogen-bond donors (Lipinski definition) is 1. The molecule has 2 aromatic carbocycles. The molecule has 0 aliphatic carbocycles. The Kier molecular flexibility index (Phi) is 5.49. The van der Waals surface area contributed by atoms with Crippen molar-refractivity contribution in [1.29, 1.82) is 0 Å². The first-order valence-electron chi connectivity index (χ1n) is 10.2. The summed E-state index contributed by atoms with van der Waals surface area (Å²) in [6.07, 6.45) is 2.85. The van der Waals surface area contributed by atoms with Crippen molar-refractivity contribution in [3.8, 4) is 11.3 Å². The van der Waals surface area contributed by atoms with Gasteiger partial charge < -0.3 is 10.6 Å². The molecule has 29 heavy (non-hydrogen) atoms. The van der Waals surface area contributed by atoms with Crippen molar-refractivity contribution in [1.82, 2.24) is 14.7 Å². The molecule has 5 nitrogen and oxygen atoms in total. The predicted molar refractivity (Wildman–Crippen MR) is 116 cm³/mol. The van der Waals surface area contributed by atoms with Gasteiger partial charge >= 0.3 is 0 Å². The molecule has 1 aromatic heterocycles. The van der Waals surface area contributed by atoms with Crippen LogP contribution in [0.1, 0.15) is 34.8 Å². The summed E-state index contributed by atoms with van der Waals surface area (Å²) in [4.78, 5) is 15.4. The molecule has 0 spiro atoms. The molecule has 1 fully saturated rings. The molecule has 0 radical (unpaired) electrons. The molecule has 2 N–H and O–H groups in total. The van der Waals surface area contributed by atoms with E-state index in [1.165, 1.54) is 5.56 Å². The topological polar surface area (TPSA) is 64.2 Å². The molecular formula is C24H28N4O. The molecule has 1 aliphatic rings. The summed E-state index contributed by atoms with van der Waals surface area (Å²) in [6, 6.07) is 18.6. The monoisotopic (exact) mass is 388 g/mol. The zero-order valence-corrected chi connectivity index (χ0v) is 17.1. The second kappa shape index (κ2) is 8.21. The van der Waals surface area contributed by atoms with Crippen LogP contribution < -0.4 is 5.73 Å². The lowest BCUT2D eigenvalue weighted by molar-refractivity contribution is 0.0744. The van der Waals surface area contributed by atoms with Crippen molar-refractivity contribution in [2.75, 3.05) is 13.1 Å². The smallest absolute Gasteiger partial charge is 0.257 e. The minimum Gasteiger partial charge on any atom is -0.335 e. The zero-order chi connectivity index (χ0) is 20.4. The summed E-state index contributed by atoms with van der Waals surface area (Å²) >= 11 is 0. The first-order chi connectivity index (χ1) is 14.0. The Morgan fingerprint density at radius 1 is 1.14 bits per heavy atom. The third-order valence-corrected chi connectivity index (χ3v) is 5.76. The van der Waals surface area contributed by atoms with Gasteiger partial charge in [-0.1, -0.05) is 60.2 Å². The lowest BCUT2D eigenvalue weighted by Gasteiger charge is -2.21. The highest BCUT2D eigenvalue weighted by Gasteiger charge is 2.34. The van der Waals surface area contributed by atoms with Crippen molar-refractivity contribution in [3.63, 3.8) is 0 Å². The quantitative estimate of drug-likeness (QED) is 0.725. The van der Waals surface area contributed by atoms with Gasteiger partial charge in [0, 0.05) is 24.3 Å². The van der Waals surface area contributed by atoms with Crippen LogP contribution in [0.25, 0.3) is 11.3 Å². The van der Waals surface area contributed by atoms with Crippen LogP contribution in [-0.2, 0) is 6.54 Å². The van der Waals surface area contributed by atoms with Crippen LogP contribution in [0.2, 0.25) is 0 Å². The van der Waals surface area contributed by atoms with E-state index in [1.54, 1.807) is 0 Å². The fourth-order valence-corrected chi connectivity index (χ4v) is 4.10. The van der Waals surface area contributed by atoms with Gasteiger partial charge in [0.05, 0.1) is 12.1 Å². The third-order valence-electron chi connectivity index (χ3n) is 5.76. The summed E-state index contributed by atoms with van der Waals surface area (Å²) in [7, 11) is 0. The van der Waals surface area contributed by atoms with E-state index < -0.39 is 0 Å². The molecular weight excluding hydrogens is 360 g/mol. The minimum atomic E-state index is 0.0448. The fraction of sp³-hybridized carbons (Fsp3) is 0.333. The van der Waals surface area contributed by atoms with Crippen LogP contribution in [0.3, 0.4) is 0 Å². The third kappa shape index (κ3) is 4.10. The van der Waals surface area contributed by atoms with E-state index in [4.69, 9.17) is 10.8 Å². The summed E-state index contributed by atoms with van der Waals surface area (Å²) in [5.41, 5.74) is 10.6. The van der Waals surface area contributed by atoms with E-state index in [0.29, 0.717) is 31.1 Å². The van der Waals surface area contributed by atoms with E-state index >= 15 is 0 Å². The van der Waals surface area contributed by atoms with Gasteiger partial charge in [0.15, 0.2) is 0 Å². The Bertz CT molecular complexity index is 978. The molecule has 1 aliphatic heterocycles. The molecule has 150 valence electrons. The van der Waals surface area contributed by atoms with Crippen LogP contribution in [-0.4, -0.2) is 39.7 Å². The van der Waals surface area contributed by atoms with E-state index in [2.05, 4.69) is 38.1 Å². The maximum Gasteiger partial charge on any atom is 0.257 e. The van der Waals surface area contributed by atoms with Gasteiger partial charge in [0.2, 0.25) is 0 Å². The molecule has 5 heteroatoms. The van der Waals surface area contributed by atoms with Gasteiger partial charge in [-0.3, -0.25) is 9.48 Å². The minimum absolute atomic E-state index is 0.0448. The van der Waals surface area contributed by atoms with Crippen molar-refractivity contribution in [2.24, 2.45) is 11.7 Å². The van der Waals surface area contributed by atoms with E-state index in [-0.39, 0.29) is 11.9 Å². The van der Waals surface area contributed by atoms with Crippen LogP contribution in [0.5, 0.6) is 0 Å². The van der Waals surface area contributed by atoms with Crippen LogP contribution in [0.4, 0.5) is 0 Å². The molecule has 1 saturated heterocycles. The van der Waals surface area contributed by atoms with Gasteiger partial charge in [-0.25, -0.2) is 0 Å². The lowest BCUT2D eigenvalue weighted by Crippen LogP contribution is -2.34. The molecule has 2 unspecified atom stereocenters. The van der Waals surface area contributed by atoms with Crippen molar-refractivity contribution in [2.45, 2.75) is 32.9 Å². The molecule has 3 aromatic rings. The molecule has 0 saturated carbocycles. The highest BCUT2D eigenvalue weighted by atomic mass is 16.2. The van der Waals surface area contributed by atoms with E-state index in [9.17, 15) is 4.79 Å². The fourth-order valence-electron chi connectivity index (χ4n) is 4.10. The van der Waals surface area contributed by atoms with Gasteiger partial charge in [-0.15, -0.1) is 0 Å². The van der Waals surface area contributed by atoms with E-state index in [0.717, 1.165) is 23.2 Å². The van der Waals surface area contributed by atoms with Gasteiger partial charge in [-0.05, 0) is 38.3 Å². The number of aromatic nitrogens is 2. The number of carbonyl (C=O) groups is 1. The van der Waals surface area contributed by atoms with Crippen LogP contribution in [0, 0.1) is 12.8 Å². The number of nitrogens with two attached hydrogens (primary N) is 1. The van der Waals surface area contributed by atoms with Gasteiger partial charge in [-0.2, -0.15) is 5.10 Å². The second-order valence-corrected chi connectivity index (χ2v) is 8.08. The van der Waals surface area contributed by atoms with Gasteiger partial charge in [0.1, 0.15) is 5.69 Å². The maximum absolute atomic E-state index is 13.5. The van der Waals surface area contributed by atoms with Gasteiger partial charge in [0.25, 0.3) is 5.91 Å². The molecule has 1 amide bonds. The Morgan fingerprint density at radius 2 is 1.86 bits per heavy atom. The van der Waals surface area contributed by atoms with Crippen LogP contribution in [0.15, 0.2) is 60.8 Å². The van der Waals surface area contributed by atoms with Crippen molar-refractivity contribution >= 4 is 5.91 Å². The SMILES string of the molecule is Cc1ccc(-c2nn(Cc3ccccc3)cc2C(=O)N2CC(CN)CC2C)cc1. The number of hydrogen-bond acceptors (Lipinski definition) is 3. The standard InChI is InChI=1S/C24H28N4O/c1-17-8-10-21(11-9-17)23-22(24(29)28-15-20(13-25)12-18(28)2)16-27(26-23)14-19-6-4-3-5-7-19/h3-11,16,18,20H,12-15,25H2,1-2H3. The highest BCUT2D eigenvalue weighted by Crippen LogP contribution is 2.29. The Balaban J connectivity index is 1.70. The Morgan fingerprint density at radius 3 is 2.52 bits per heavy atom. The van der Waals surface area contributed by atoms with E-state index in [1.807, 2.05) is 46.1 Å². The normalized spacial score (nSPS) is 18.9. The number of carbonyl (C=O) groups excluding carboxylic acids is 1. The van der Waals surface area contributed by atoms with Crippen LogP contribution >= 0.6 is 0 Å². The average molecular weight is 389 g/mol. The summed E-state index contributed by atoms with van der Waals surface area (Å²) in [6.45, 7) is 6.13. The van der Waals surface area contributed by atoms with Crippen molar-refractivity contribution < 1.29 is 4.79 Å². The zero-order valence-electron chi connectivity index (χ0n) is 17.1.